The first-order valence-corrected chi connectivity index (χ1v) is 3.23. The number of carbonyl (C=O) groups excluding carboxylic acids is 1. The lowest BCUT2D eigenvalue weighted by Crippen LogP contribution is -2.34. The zero-order valence-electron chi connectivity index (χ0n) is 5.69. The van der Waals surface area contributed by atoms with Crippen molar-refractivity contribution in [2.75, 3.05) is 6.54 Å². The van der Waals surface area contributed by atoms with Crippen molar-refractivity contribution >= 4 is 5.91 Å². The van der Waals surface area contributed by atoms with E-state index in [9.17, 15) is 4.79 Å². The van der Waals surface area contributed by atoms with Gasteiger partial charge in [0, 0.05) is 6.20 Å². The van der Waals surface area contributed by atoms with E-state index in [4.69, 9.17) is 0 Å². The van der Waals surface area contributed by atoms with Gasteiger partial charge in [0.15, 0.2) is 5.49 Å². The summed E-state index contributed by atoms with van der Waals surface area (Å²) in [4.78, 5) is 22.3. The molecule has 1 aliphatic heterocycles. The van der Waals surface area contributed by atoms with E-state index in [0.717, 1.165) is 0 Å². The topological polar surface area (TPSA) is 54.7 Å². The third-order valence-corrected chi connectivity index (χ3v) is 1.38. The van der Waals surface area contributed by atoms with Crippen LogP contribution >= 0.6 is 0 Å². The number of carbonyl (C=O) groups is 1. The van der Waals surface area contributed by atoms with E-state index in [0.29, 0.717) is 10.8 Å². The highest BCUT2D eigenvalue weighted by Gasteiger charge is 2.02. The summed E-state index contributed by atoms with van der Waals surface area (Å²) >= 11 is 0. The molecule has 0 aromatic carbocycles. The molecule has 2 rings (SSSR count). The van der Waals surface area contributed by atoms with E-state index >= 15 is 0 Å². The van der Waals surface area contributed by atoms with Crippen LogP contribution in [0.1, 0.15) is 0 Å². The molecule has 1 aromatic heterocycles. The van der Waals surface area contributed by atoms with Crippen molar-refractivity contribution in [3.05, 3.63) is 29.2 Å². The van der Waals surface area contributed by atoms with E-state index in [2.05, 4.69) is 15.0 Å². The SMILES string of the molecule is O=C1CN=c2cccnc2=N1. The minimum Gasteiger partial charge on any atom is -0.271 e. The number of nitrogens with zero attached hydrogens (tertiary/aromatic N) is 3. The molecule has 4 heteroatoms. The van der Waals surface area contributed by atoms with Gasteiger partial charge in [0.25, 0.3) is 5.91 Å². The molecule has 0 bridgehead atoms. The average molecular weight is 147 g/mol. The van der Waals surface area contributed by atoms with Crippen LogP contribution in [-0.2, 0) is 4.79 Å². The summed E-state index contributed by atoms with van der Waals surface area (Å²) in [5.41, 5.74) is 0.434. The number of hydrogen-bond acceptors (Lipinski definition) is 3. The molecule has 54 valence electrons. The summed E-state index contributed by atoms with van der Waals surface area (Å²) in [7, 11) is 0. The second-order valence-electron chi connectivity index (χ2n) is 2.17. The van der Waals surface area contributed by atoms with E-state index in [-0.39, 0.29) is 12.5 Å². The zero-order valence-corrected chi connectivity index (χ0v) is 5.69. The van der Waals surface area contributed by atoms with Crippen molar-refractivity contribution in [1.29, 1.82) is 0 Å². The van der Waals surface area contributed by atoms with Gasteiger partial charge in [-0.05, 0) is 12.1 Å². The van der Waals surface area contributed by atoms with Crippen molar-refractivity contribution in [2.24, 2.45) is 9.98 Å². The number of rotatable bonds is 0. The fraction of sp³-hybridized carbons (Fsp3) is 0.143. The van der Waals surface area contributed by atoms with Crippen LogP contribution in [0.2, 0.25) is 0 Å². The van der Waals surface area contributed by atoms with Gasteiger partial charge in [-0.3, -0.25) is 9.79 Å². The van der Waals surface area contributed by atoms with Crippen LogP contribution in [0.3, 0.4) is 0 Å². The van der Waals surface area contributed by atoms with Crippen LogP contribution in [-0.4, -0.2) is 17.4 Å². The van der Waals surface area contributed by atoms with Gasteiger partial charge in [0.2, 0.25) is 0 Å². The van der Waals surface area contributed by atoms with Gasteiger partial charge in [-0.2, -0.15) is 4.99 Å². The molecule has 11 heavy (non-hydrogen) atoms. The van der Waals surface area contributed by atoms with E-state index in [1.807, 2.05) is 0 Å². The van der Waals surface area contributed by atoms with Gasteiger partial charge in [0.1, 0.15) is 11.9 Å². The van der Waals surface area contributed by atoms with Gasteiger partial charge in [-0.1, -0.05) is 0 Å². The first-order valence-electron chi connectivity index (χ1n) is 3.23. The van der Waals surface area contributed by atoms with Gasteiger partial charge < -0.3 is 0 Å². The fourth-order valence-corrected chi connectivity index (χ4v) is 0.904. The maximum atomic E-state index is 10.7. The molecule has 4 nitrogen and oxygen atoms in total. The largest absolute Gasteiger partial charge is 0.271 e. The zero-order chi connectivity index (χ0) is 7.68. The summed E-state index contributed by atoms with van der Waals surface area (Å²) in [6, 6.07) is 3.56. The van der Waals surface area contributed by atoms with Crippen LogP contribution in [0.25, 0.3) is 0 Å². The highest BCUT2D eigenvalue weighted by atomic mass is 16.1. The summed E-state index contributed by atoms with van der Waals surface area (Å²) < 4.78 is 0. The maximum absolute atomic E-state index is 10.7. The molecule has 0 saturated carbocycles. The number of pyridine rings is 1. The molecule has 1 aliphatic rings. The number of fused-ring (bicyclic) bond motifs is 1. The number of hydrogen-bond donors (Lipinski definition) is 0. The number of amides is 1. The van der Waals surface area contributed by atoms with Crippen molar-refractivity contribution in [3.8, 4) is 0 Å². The molecular weight excluding hydrogens is 142 g/mol. The average Bonchev–Trinajstić information content (AvgIpc) is 2.04. The Morgan fingerprint density at radius 3 is 3.27 bits per heavy atom. The third-order valence-electron chi connectivity index (χ3n) is 1.38. The Kier molecular flexibility index (Phi) is 1.25. The minimum absolute atomic E-state index is 0.151. The Hall–Kier alpha value is -1.58. The molecular formula is C7H5N3O. The molecule has 0 saturated heterocycles. The van der Waals surface area contributed by atoms with Crippen LogP contribution in [0, 0.1) is 0 Å². The Morgan fingerprint density at radius 1 is 1.45 bits per heavy atom. The molecule has 0 fully saturated rings. The lowest BCUT2D eigenvalue weighted by molar-refractivity contribution is -0.116. The summed E-state index contributed by atoms with van der Waals surface area (Å²) in [5, 5.41) is 0.701. The molecule has 0 atom stereocenters. The van der Waals surface area contributed by atoms with E-state index in [1.165, 1.54) is 0 Å². The van der Waals surface area contributed by atoms with Crippen molar-refractivity contribution < 1.29 is 4.79 Å². The van der Waals surface area contributed by atoms with Gasteiger partial charge >= 0.3 is 0 Å². The van der Waals surface area contributed by atoms with Crippen molar-refractivity contribution in [3.63, 3.8) is 0 Å². The van der Waals surface area contributed by atoms with Crippen LogP contribution in [0.15, 0.2) is 28.3 Å². The standard InChI is InChI=1S/C7H5N3O/c11-6-4-9-5-2-1-3-8-7(5)10-6/h1-3H,4H2. The molecule has 0 unspecified atom stereocenters. The minimum atomic E-state index is -0.226. The highest BCUT2D eigenvalue weighted by Crippen LogP contribution is 1.78. The lowest BCUT2D eigenvalue weighted by atomic mass is 10.4. The van der Waals surface area contributed by atoms with Gasteiger partial charge in [-0.15, -0.1) is 0 Å². The quantitative estimate of drug-likeness (QED) is 0.465. The monoisotopic (exact) mass is 147 g/mol. The predicted molar refractivity (Wildman–Crippen MR) is 36.4 cm³/mol. The summed E-state index contributed by atoms with van der Waals surface area (Å²) in [6.07, 6.45) is 1.59. The summed E-state index contributed by atoms with van der Waals surface area (Å²) in [6.45, 7) is 0.151. The molecule has 0 radical (unpaired) electrons. The second kappa shape index (κ2) is 2.23. The van der Waals surface area contributed by atoms with Crippen LogP contribution in [0.5, 0.6) is 0 Å². The summed E-state index contributed by atoms with van der Waals surface area (Å²) in [5.74, 6) is -0.226. The Labute approximate surface area is 62.3 Å². The Morgan fingerprint density at radius 2 is 2.36 bits per heavy atom. The lowest BCUT2D eigenvalue weighted by Gasteiger charge is -1.94. The van der Waals surface area contributed by atoms with Crippen molar-refractivity contribution in [2.45, 2.75) is 0 Å². The maximum Gasteiger partial charge on any atom is 0.269 e. The van der Waals surface area contributed by atoms with Gasteiger partial charge in [-0.25, -0.2) is 4.98 Å². The second-order valence-corrected chi connectivity index (χ2v) is 2.17. The van der Waals surface area contributed by atoms with Crippen LogP contribution in [0.4, 0.5) is 0 Å². The van der Waals surface area contributed by atoms with Crippen molar-refractivity contribution in [1.82, 2.24) is 4.98 Å². The smallest absolute Gasteiger partial charge is 0.269 e. The van der Waals surface area contributed by atoms with E-state index < -0.39 is 0 Å². The van der Waals surface area contributed by atoms with E-state index in [1.54, 1.807) is 18.3 Å². The first-order chi connectivity index (χ1) is 5.36. The molecule has 2 heterocycles. The first kappa shape index (κ1) is 6.15. The molecule has 0 spiro atoms. The normalized spacial score (nSPS) is 14.7. The molecule has 1 amide bonds. The van der Waals surface area contributed by atoms with Crippen LogP contribution < -0.4 is 10.8 Å². The predicted octanol–water partition coefficient (Wildman–Crippen LogP) is -1.14. The Balaban J connectivity index is 2.83. The Bertz CT molecular complexity index is 410. The number of aromatic nitrogens is 1. The molecule has 0 aliphatic carbocycles. The molecule has 0 N–H and O–H groups in total. The molecule has 1 aromatic rings. The third kappa shape index (κ3) is 1.02. The fourth-order valence-electron chi connectivity index (χ4n) is 0.904. The highest BCUT2D eigenvalue weighted by molar-refractivity contribution is 5.79. The van der Waals surface area contributed by atoms with Gasteiger partial charge in [0.05, 0.1) is 0 Å².